The van der Waals surface area contributed by atoms with Crippen molar-refractivity contribution in [2.45, 2.75) is 39.0 Å². The van der Waals surface area contributed by atoms with Crippen molar-refractivity contribution in [1.82, 2.24) is 4.90 Å². The van der Waals surface area contributed by atoms with Gasteiger partial charge < -0.3 is 5.11 Å². The summed E-state index contributed by atoms with van der Waals surface area (Å²) >= 11 is 0. The normalized spacial score (nSPS) is 20.2. The first-order valence-electron chi connectivity index (χ1n) is 7.84. The molecule has 1 aliphatic rings. The van der Waals surface area contributed by atoms with Crippen LogP contribution in [0.15, 0.2) is 18.2 Å². The molecule has 0 saturated carbocycles. The number of rotatable bonds is 5. The minimum absolute atomic E-state index is 0.0874. The fourth-order valence-corrected chi connectivity index (χ4v) is 3.10. The number of phenolic OH excluding ortho intramolecular Hbond substituents is 1. The maximum Gasteiger partial charge on any atom is 0.180 e. The largest absolute Gasteiger partial charge is 0.507 e. The van der Waals surface area contributed by atoms with Crippen molar-refractivity contribution in [2.24, 2.45) is 5.92 Å². The summed E-state index contributed by atoms with van der Waals surface area (Å²) in [5, 5.41) is 9.70. The lowest BCUT2D eigenvalue weighted by Gasteiger charge is -2.19. The third-order valence-electron chi connectivity index (χ3n) is 4.26. The van der Waals surface area contributed by atoms with Crippen LogP contribution in [0.1, 0.15) is 49.4 Å². The number of hydrogen-bond donors (Lipinski definition) is 1. The van der Waals surface area contributed by atoms with Crippen LogP contribution in [0, 0.1) is 11.7 Å². The summed E-state index contributed by atoms with van der Waals surface area (Å²) in [6.45, 7) is 4.28. The summed E-state index contributed by atoms with van der Waals surface area (Å²) in [5.74, 6) is -0.0753. The van der Waals surface area contributed by atoms with Crippen LogP contribution in [-0.4, -0.2) is 35.4 Å². The number of Topliss-reactive ketones (excluding diaryl/α,β-unsaturated/α-hetero) is 1. The first-order valence-corrected chi connectivity index (χ1v) is 7.84. The minimum atomic E-state index is -0.491. The third kappa shape index (κ3) is 4.53. The van der Waals surface area contributed by atoms with Gasteiger partial charge in [-0.15, -0.1) is 0 Å². The number of ketones is 1. The summed E-state index contributed by atoms with van der Waals surface area (Å²) in [5.41, 5.74) is 0.0874. The molecule has 116 valence electrons. The van der Waals surface area contributed by atoms with Crippen molar-refractivity contribution in [2.75, 3.05) is 19.6 Å². The van der Waals surface area contributed by atoms with E-state index in [1.54, 1.807) is 0 Å². The van der Waals surface area contributed by atoms with Crippen molar-refractivity contribution in [3.63, 3.8) is 0 Å². The quantitative estimate of drug-likeness (QED) is 0.843. The summed E-state index contributed by atoms with van der Waals surface area (Å²) < 4.78 is 13.2. The Hall–Kier alpha value is -1.42. The molecule has 21 heavy (non-hydrogen) atoms. The number of hydrogen-bond acceptors (Lipinski definition) is 3. The third-order valence-corrected chi connectivity index (χ3v) is 4.26. The van der Waals surface area contributed by atoms with Gasteiger partial charge in [-0.25, -0.2) is 4.39 Å². The van der Waals surface area contributed by atoms with Gasteiger partial charge in [-0.2, -0.15) is 0 Å². The Morgan fingerprint density at radius 3 is 2.95 bits per heavy atom. The number of aromatic hydroxyl groups is 1. The van der Waals surface area contributed by atoms with Gasteiger partial charge in [0.25, 0.3) is 0 Å². The topological polar surface area (TPSA) is 40.5 Å². The highest BCUT2D eigenvalue weighted by molar-refractivity contribution is 6.00. The molecule has 1 heterocycles. The SMILES string of the molecule is CCCC1CCCN(CC(=O)c2cc(F)ccc2O)CC1. The van der Waals surface area contributed by atoms with Gasteiger partial charge in [-0.05, 0) is 56.5 Å². The second-order valence-corrected chi connectivity index (χ2v) is 5.95. The van der Waals surface area contributed by atoms with E-state index in [2.05, 4.69) is 11.8 Å². The van der Waals surface area contributed by atoms with Crippen molar-refractivity contribution in [1.29, 1.82) is 0 Å². The molecule has 1 N–H and O–H groups in total. The number of benzene rings is 1. The zero-order valence-electron chi connectivity index (χ0n) is 12.6. The summed E-state index contributed by atoms with van der Waals surface area (Å²) in [6.07, 6.45) is 5.92. The van der Waals surface area contributed by atoms with Crippen LogP contribution in [0.4, 0.5) is 4.39 Å². The van der Waals surface area contributed by atoms with Crippen molar-refractivity contribution < 1.29 is 14.3 Å². The van der Waals surface area contributed by atoms with E-state index in [9.17, 15) is 14.3 Å². The molecule has 0 spiro atoms. The number of carbonyl (C=O) groups is 1. The van der Waals surface area contributed by atoms with E-state index < -0.39 is 5.82 Å². The molecule has 2 rings (SSSR count). The summed E-state index contributed by atoms with van der Waals surface area (Å²) in [7, 11) is 0. The first kappa shape index (κ1) is 16.0. The molecule has 4 heteroatoms. The highest BCUT2D eigenvalue weighted by Crippen LogP contribution is 2.23. The molecular weight excluding hydrogens is 269 g/mol. The molecule has 1 unspecified atom stereocenters. The van der Waals surface area contributed by atoms with Gasteiger partial charge in [0.15, 0.2) is 5.78 Å². The van der Waals surface area contributed by atoms with Gasteiger partial charge in [0.2, 0.25) is 0 Å². The average molecular weight is 293 g/mol. The summed E-state index contributed by atoms with van der Waals surface area (Å²) in [6, 6.07) is 3.52. The van der Waals surface area contributed by atoms with Crippen molar-refractivity contribution >= 4 is 5.78 Å². The Morgan fingerprint density at radius 1 is 1.38 bits per heavy atom. The molecule has 1 aromatic rings. The molecule has 0 radical (unpaired) electrons. The Bertz CT molecular complexity index is 490. The van der Waals surface area contributed by atoms with E-state index in [-0.39, 0.29) is 23.6 Å². The van der Waals surface area contributed by atoms with E-state index in [1.807, 2.05) is 0 Å². The highest BCUT2D eigenvalue weighted by atomic mass is 19.1. The Morgan fingerprint density at radius 2 is 2.19 bits per heavy atom. The van der Waals surface area contributed by atoms with Gasteiger partial charge in [0, 0.05) is 0 Å². The van der Waals surface area contributed by atoms with E-state index >= 15 is 0 Å². The van der Waals surface area contributed by atoms with Crippen LogP contribution in [0.3, 0.4) is 0 Å². The Balaban J connectivity index is 1.95. The maximum absolute atomic E-state index is 13.2. The van der Waals surface area contributed by atoms with E-state index in [4.69, 9.17) is 0 Å². The van der Waals surface area contributed by atoms with Gasteiger partial charge in [0.05, 0.1) is 12.1 Å². The van der Waals surface area contributed by atoms with Gasteiger partial charge in [0.1, 0.15) is 11.6 Å². The van der Waals surface area contributed by atoms with Crippen LogP contribution in [0.25, 0.3) is 0 Å². The van der Waals surface area contributed by atoms with Crippen LogP contribution in [0.5, 0.6) is 5.75 Å². The lowest BCUT2D eigenvalue weighted by atomic mass is 9.96. The number of phenols is 1. The van der Waals surface area contributed by atoms with Crippen LogP contribution < -0.4 is 0 Å². The molecule has 1 saturated heterocycles. The van der Waals surface area contributed by atoms with E-state index in [0.29, 0.717) is 0 Å². The van der Waals surface area contributed by atoms with Crippen LogP contribution >= 0.6 is 0 Å². The predicted molar refractivity (Wildman–Crippen MR) is 81.1 cm³/mol. The van der Waals surface area contributed by atoms with Crippen LogP contribution in [0.2, 0.25) is 0 Å². The molecule has 0 amide bonds. The zero-order chi connectivity index (χ0) is 15.2. The van der Waals surface area contributed by atoms with Gasteiger partial charge >= 0.3 is 0 Å². The molecule has 1 aromatic carbocycles. The number of likely N-dealkylation sites (tertiary alicyclic amines) is 1. The molecule has 3 nitrogen and oxygen atoms in total. The van der Waals surface area contributed by atoms with Crippen LogP contribution in [-0.2, 0) is 0 Å². The number of halogens is 1. The molecule has 1 aliphatic heterocycles. The second kappa shape index (κ2) is 7.55. The zero-order valence-corrected chi connectivity index (χ0v) is 12.6. The monoisotopic (exact) mass is 293 g/mol. The molecule has 0 bridgehead atoms. The number of carbonyl (C=O) groups excluding carboxylic acids is 1. The molecule has 1 atom stereocenters. The maximum atomic E-state index is 13.2. The van der Waals surface area contributed by atoms with Gasteiger partial charge in [-0.1, -0.05) is 19.8 Å². The molecular formula is C17H24FNO2. The predicted octanol–water partition coefficient (Wildman–Crippen LogP) is 3.62. The van der Waals surface area contributed by atoms with E-state index in [0.717, 1.165) is 44.0 Å². The molecule has 0 aliphatic carbocycles. The standard InChI is InChI=1S/C17H24FNO2/c1-2-4-13-5-3-9-19(10-8-13)12-17(21)15-11-14(18)6-7-16(15)20/h6-7,11,13,20H,2-5,8-10,12H2,1H3. The first-order chi connectivity index (χ1) is 10.1. The van der Waals surface area contributed by atoms with E-state index in [1.165, 1.54) is 25.3 Å². The Kier molecular flexibility index (Phi) is 5.74. The van der Waals surface area contributed by atoms with Crippen molar-refractivity contribution in [3.05, 3.63) is 29.6 Å². The second-order valence-electron chi connectivity index (χ2n) is 5.95. The lowest BCUT2D eigenvalue weighted by Crippen LogP contribution is -2.31. The minimum Gasteiger partial charge on any atom is -0.507 e. The fourth-order valence-electron chi connectivity index (χ4n) is 3.10. The average Bonchev–Trinajstić information content (AvgIpc) is 2.67. The molecule has 1 fully saturated rings. The lowest BCUT2D eigenvalue weighted by molar-refractivity contribution is 0.0929. The Labute approximate surface area is 125 Å². The number of nitrogens with zero attached hydrogens (tertiary/aromatic N) is 1. The molecule has 0 aromatic heterocycles. The summed E-state index contributed by atoms with van der Waals surface area (Å²) in [4.78, 5) is 14.4. The fraction of sp³-hybridized carbons (Fsp3) is 0.588. The van der Waals surface area contributed by atoms with Crippen molar-refractivity contribution in [3.8, 4) is 5.75 Å². The highest BCUT2D eigenvalue weighted by Gasteiger charge is 2.20. The van der Waals surface area contributed by atoms with Gasteiger partial charge in [-0.3, -0.25) is 9.69 Å². The smallest absolute Gasteiger partial charge is 0.180 e.